The van der Waals surface area contributed by atoms with Crippen molar-refractivity contribution in [2.75, 3.05) is 0 Å². The largest absolute Gasteiger partial charge is 0.479 e. The van der Waals surface area contributed by atoms with Crippen LogP contribution in [0.3, 0.4) is 0 Å². The van der Waals surface area contributed by atoms with Crippen LogP contribution in [0, 0.1) is 18.8 Å². The van der Waals surface area contributed by atoms with Crippen molar-refractivity contribution in [3.63, 3.8) is 0 Å². The number of halogens is 1. The van der Waals surface area contributed by atoms with Gasteiger partial charge in [0.1, 0.15) is 5.54 Å². The first-order chi connectivity index (χ1) is 17.7. The van der Waals surface area contributed by atoms with Gasteiger partial charge in [-0.15, -0.1) is 22.7 Å². The van der Waals surface area contributed by atoms with Gasteiger partial charge in [-0.25, -0.2) is 4.79 Å². The highest BCUT2D eigenvalue weighted by molar-refractivity contribution is 7.10. The molecule has 1 amide bonds. The molecule has 1 saturated carbocycles. The average molecular weight is 556 g/mol. The zero-order chi connectivity index (χ0) is 26.3. The fraction of sp³-hybridized carbons (Fsp3) is 0.414. The van der Waals surface area contributed by atoms with E-state index in [2.05, 4.69) is 0 Å². The molecular weight excluding hydrogens is 526 g/mol. The fourth-order valence-electron chi connectivity index (χ4n) is 6.30. The van der Waals surface area contributed by atoms with E-state index >= 15 is 0 Å². The zero-order valence-corrected chi connectivity index (χ0v) is 23.2. The molecule has 3 heterocycles. The van der Waals surface area contributed by atoms with Crippen LogP contribution in [-0.2, 0) is 9.59 Å². The predicted octanol–water partition coefficient (Wildman–Crippen LogP) is 7.36. The van der Waals surface area contributed by atoms with E-state index in [0.29, 0.717) is 10.6 Å². The van der Waals surface area contributed by atoms with Crippen molar-refractivity contribution >= 4 is 51.9 Å². The second-order valence-corrected chi connectivity index (χ2v) is 12.7. The first-order valence-electron chi connectivity index (χ1n) is 12.7. The number of aryl methyl sites for hydroxylation is 1. The molecule has 194 valence electrons. The third kappa shape index (κ3) is 4.45. The maximum Gasteiger partial charge on any atom is 0.330 e. The van der Waals surface area contributed by atoms with Crippen molar-refractivity contribution in [3.8, 4) is 0 Å². The van der Waals surface area contributed by atoms with Gasteiger partial charge in [0.15, 0.2) is 5.78 Å². The number of carbonyl (C=O) groups excluding carboxylic acids is 2. The van der Waals surface area contributed by atoms with Crippen LogP contribution in [0.1, 0.15) is 76.7 Å². The molecule has 0 radical (unpaired) electrons. The molecule has 1 saturated heterocycles. The first kappa shape index (κ1) is 26.1. The SMILES string of the molecule is Cc1ccsc1C1C(C(=O)c2cccc(Cl)c2)C(c2cccs2)C(C)(C(=O)O)N1C(=O)C1CCCCC1. The number of rotatable bonds is 6. The molecule has 3 aromatic rings. The molecule has 4 unspecified atom stereocenters. The Labute approximate surface area is 230 Å². The number of aliphatic carboxylic acids is 1. The molecule has 2 fully saturated rings. The number of hydrogen-bond donors (Lipinski definition) is 1. The number of carbonyl (C=O) groups is 3. The minimum absolute atomic E-state index is 0.148. The summed E-state index contributed by atoms with van der Waals surface area (Å²) in [5.41, 5.74) is -0.211. The summed E-state index contributed by atoms with van der Waals surface area (Å²) in [4.78, 5) is 45.3. The summed E-state index contributed by atoms with van der Waals surface area (Å²) in [5, 5.41) is 15.1. The summed E-state index contributed by atoms with van der Waals surface area (Å²) in [6.45, 7) is 3.61. The number of nitrogens with zero attached hydrogens (tertiary/aromatic N) is 1. The van der Waals surface area contributed by atoms with E-state index in [1.54, 1.807) is 36.1 Å². The van der Waals surface area contributed by atoms with Gasteiger partial charge in [-0.3, -0.25) is 9.59 Å². The lowest BCUT2D eigenvalue weighted by atomic mass is 9.75. The zero-order valence-electron chi connectivity index (χ0n) is 20.9. The number of Topliss-reactive ketones (excluding diaryl/α,β-unsaturated/α-hetero) is 1. The molecule has 0 spiro atoms. The van der Waals surface area contributed by atoms with Crippen molar-refractivity contribution < 1.29 is 19.5 Å². The van der Waals surface area contributed by atoms with Gasteiger partial charge in [-0.05, 0) is 67.3 Å². The van der Waals surface area contributed by atoms with Crippen LogP contribution >= 0.6 is 34.3 Å². The Hall–Kier alpha value is -2.48. The van der Waals surface area contributed by atoms with E-state index in [1.165, 1.54) is 22.7 Å². The topological polar surface area (TPSA) is 74.7 Å². The molecular formula is C29H30ClNO4S2. The highest BCUT2D eigenvalue weighted by atomic mass is 35.5. The summed E-state index contributed by atoms with van der Waals surface area (Å²) >= 11 is 9.19. The molecule has 1 N–H and O–H groups in total. The molecule has 37 heavy (non-hydrogen) atoms. The van der Waals surface area contributed by atoms with Crippen molar-refractivity contribution in [1.82, 2.24) is 4.90 Å². The van der Waals surface area contributed by atoms with Gasteiger partial charge in [0.25, 0.3) is 0 Å². The molecule has 5 rings (SSSR count). The number of amides is 1. The predicted molar refractivity (Wildman–Crippen MR) is 148 cm³/mol. The summed E-state index contributed by atoms with van der Waals surface area (Å²) in [7, 11) is 0. The Morgan fingerprint density at radius 2 is 1.78 bits per heavy atom. The highest BCUT2D eigenvalue weighted by Gasteiger charge is 2.66. The summed E-state index contributed by atoms with van der Waals surface area (Å²) < 4.78 is 0. The molecule has 8 heteroatoms. The molecule has 1 aromatic carbocycles. The number of thiophene rings is 2. The maximum atomic E-state index is 14.4. The van der Waals surface area contributed by atoms with Crippen molar-refractivity contribution in [1.29, 1.82) is 0 Å². The van der Waals surface area contributed by atoms with Crippen LogP contribution in [0.15, 0.2) is 53.2 Å². The van der Waals surface area contributed by atoms with Crippen molar-refractivity contribution in [2.45, 2.75) is 63.5 Å². The maximum absolute atomic E-state index is 14.4. The number of ketones is 1. The standard InChI is InChI=1S/C29H30ClNO4S2/c1-17-13-15-37-26(17)24-22(25(32)19-10-6-11-20(30)16-19)23(21-12-7-14-36-21)29(2,28(34)35)31(24)27(33)18-8-4-3-5-9-18/h6-7,10-16,18,22-24H,3-5,8-9H2,1-2H3,(H,34,35). The van der Waals surface area contributed by atoms with E-state index in [9.17, 15) is 19.5 Å². The second-order valence-electron chi connectivity index (χ2n) is 10.3. The molecule has 1 aliphatic heterocycles. The van der Waals surface area contributed by atoms with Crippen LogP contribution in [0.2, 0.25) is 5.02 Å². The number of carboxylic acids is 1. The van der Waals surface area contributed by atoms with Crippen LogP contribution in [0.4, 0.5) is 0 Å². The first-order valence-corrected chi connectivity index (χ1v) is 14.8. The van der Waals surface area contributed by atoms with Gasteiger partial charge < -0.3 is 10.0 Å². The normalized spacial score (nSPS) is 26.4. The monoisotopic (exact) mass is 555 g/mol. The minimum atomic E-state index is -1.60. The third-order valence-corrected chi connectivity index (χ3v) is 10.4. The minimum Gasteiger partial charge on any atom is -0.479 e. The Morgan fingerprint density at radius 1 is 1.03 bits per heavy atom. The lowest BCUT2D eigenvalue weighted by Crippen LogP contribution is -2.55. The molecule has 1 aliphatic carbocycles. The number of benzene rings is 1. The Morgan fingerprint density at radius 3 is 2.38 bits per heavy atom. The Balaban J connectivity index is 1.76. The van der Waals surface area contributed by atoms with Crippen LogP contribution in [-0.4, -0.2) is 33.2 Å². The average Bonchev–Trinajstić information content (AvgIpc) is 3.62. The van der Waals surface area contributed by atoms with Crippen LogP contribution < -0.4 is 0 Å². The molecule has 4 atom stereocenters. The van der Waals surface area contributed by atoms with E-state index in [1.807, 2.05) is 35.9 Å². The number of carboxylic acid groups (broad SMARTS) is 1. The summed E-state index contributed by atoms with van der Waals surface area (Å²) in [5.74, 6) is -3.15. The van der Waals surface area contributed by atoms with E-state index in [4.69, 9.17) is 11.6 Å². The Bertz CT molecular complexity index is 1310. The number of likely N-dealkylation sites (tertiary alicyclic amines) is 1. The van der Waals surface area contributed by atoms with E-state index in [0.717, 1.165) is 47.4 Å². The lowest BCUT2D eigenvalue weighted by Gasteiger charge is -2.40. The quantitative estimate of drug-likeness (QED) is 0.322. The van der Waals surface area contributed by atoms with Gasteiger partial charge in [0, 0.05) is 32.2 Å². The molecule has 2 aliphatic rings. The molecule has 0 bridgehead atoms. The van der Waals surface area contributed by atoms with Gasteiger partial charge in [0.05, 0.1) is 12.0 Å². The van der Waals surface area contributed by atoms with Gasteiger partial charge in [-0.2, -0.15) is 0 Å². The molecule has 5 nitrogen and oxygen atoms in total. The van der Waals surface area contributed by atoms with E-state index in [-0.39, 0.29) is 17.6 Å². The van der Waals surface area contributed by atoms with Crippen molar-refractivity contribution in [2.24, 2.45) is 11.8 Å². The second kappa shape index (κ2) is 10.4. The molecule has 2 aromatic heterocycles. The van der Waals surface area contributed by atoms with Crippen LogP contribution in [0.25, 0.3) is 0 Å². The van der Waals surface area contributed by atoms with Crippen LogP contribution in [0.5, 0.6) is 0 Å². The van der Waals surface area contributed by atoms with Gasteiger partial charge >= 0.3 is 5.97 Å². The Kier molecular flexibility index (Phi) is 7.31. The number of hydrogen-bond acceptors (Lipinski definition) is 5. The third-order valence-electron chi connectivity index (χ3n) is 8.14. The fourth-order valence-corrected chi connectivity index (χ4v) is 8.55. The van der Waals surface area contributed by atoms with Gasteiger partial charge in [0.2, 0.25) is 5.91 Å². The smallest absolute Gasteiger partial charge is 0.330 e. The van der Waals surface area contributed by atoms with Gasteiger partial charge in [-0.1, -0.05) is 49.1 Å². The summed E-state index contributed by atoms with van der Waals surface area (Å²) in [6.07, 6.45) is 4.49. The van der Waals surface area contributed by atoms with E-state index < -0.39 is 29.4 Å². The summed E-state index contributed by atoms with van der Waals surface area (Å²) in [6, 6.07) is 11.9. The lowest BCUT2D eigenvalue weighted by molar-refractivity contribution is -0.160. The highest BCUT2D eigenvalue weighted by Crippen LogP contribution is 2.59. The van der Waals surface area contributed by atoms with Crippen molar-refractivity contribution in [3.05, 3.63) is 79.1 Å².